The molecule has 0 aromatic rings. The summed E-state index contributed by atoms with van der Waals surface area (Å²) >= 11 is 0. The maximum atomic E-state index is 13.9. The van der Waals surface area contributed by atoms with Crippen LogP contribution in [0.1, 0.15) is 45.4 Å². The molecule has 1 N–H and O–H groups in total. The highest BCUT2D eigenvalue weighted by Gasteiger charge is 2.35. The average Bonchev–Trinajstić information content (AvgIpc) is 2.15. The molecule has 16 heavy (non-hydrogen) atoms. The maximum absolute atomic E-state index is 13.9. The molecule has 1 saturated heterocycles. The summed E-state index contributed by atoms with van der Waals surface area (Å²) in [5.74, 6) is 0. The van der Waals surface area contributed by atoms with Crippen LogP contribution in [0.25, 0.3) is 0 Å². The molecule has 0 saturated carbocycles. The van der Waals surface area contributed by atoms with Crippen LogP contribution in [0.5, 0.6) is 0 Å². The molecule has 1 nitrogen and oxygen atoms in total. The number of halogens is 4. The molecular weight excluding hydrogens is 222 g/mol. The molecule has 2 atom stereocenters. The van der Waals surface area contributed by atoms with Gasteiger partial charge in [0.2, 0.25) is 0 Å². The first-order chi connectivity index (χ1) is 7.29. The minimum absolute atomic E-state index is 0.0389. The Bertz CT molecular complexity index is 207. The van der Waals surface area contributed by atoms with Gasteiger partial charge in [-0.3, -0.25) is 0 Å². The van der Waals surface area contributed by atoms with Gasteiger partial charge in [-0.05, 0) is 39.2 Å². The van der Waals surface area contributed by atoms with E-state index in [9.17, 15) is 17.6 Å². The van der Waals surface area contributed by atoms with Crippen molar-refractivity contribution in [2.24, 2.45) is 0 Å². The Morgan fingerprint density at radius 2 is 1.81 bits per heavy atom. The Morgan fingerprint density at radius 3 is 2.31 bits per heavy atom. The van der Waals surface area contributed by atoms with Gasteiger partial charge in [-0.1, -0.05) is 6.42 Å². The molecule has 0 bridgehead atoms. The van der Waals surface area contributed by atoms with Crippen molar-refractivity contribution >= 4 is 0 Å². The quantitative estimate of drug-likeness (QED) is 0.742. The van der Waals surface area contributed by atoms with Gasteiger partial charge < -0.3 is 5.32 Å². The summed E-state index contributed by atoms with van der Waals surface area (Å²) in [6, 6.07) is 0.0389. The molecule has 96 valence electrons. The minimum atomic E-state index is -4.26. The summed E-state index contributed by atoms with van der Waals surface area (Å²) in [7, 11) is 0. The van der Waals surface area contributed by atoms with Crippen molar-refractivity contribution in [1.82, 2.24) is 5.32 Å². The number of piperidine rings is 1. The van der Waals surface area contributed by atoms with Gasteiger partial charge in [0.1, 0.15) is 5.67 Å². The highest BCUT2D eigenvalue weighted by molar-refractivity contribution is 4.83. The van der Waals surface area contributed by atoms with Crippen molar-refractivity contribution in [3.8, 4) is 0 Å². The molecule has 0 aromatic heterocycles. The van der Waals surface area contributed by atoms with E-state index in [1.807, 2.05) is 0 Å². The lowest BCUT2D eigenvalue weighted by Crippen LogP contribution is -2.39. The molecule has 5 heteroatoms. The summed E-state index contributed by atoms with van der Waals surface area (Å²) < 4.78 is 49.8. The molecule has 1 aliphatic heterocycles. The lowest BCUT2D eigenvalue weighted by molar-refractivity contribution is -0.142. The van der Waals surface area contributed by atoms with Gasteiger partial charge in [0, 0.05) is 12.5 Å². The molecule has 1 aliphatic rings. The normalized spacial score (nSPS) is 26.4. The molecule has 1 heterocycles. The number of hydrogen-bond donors (Lipinski definition) is 1. The van der Waals surface area contributed by atoms with Crippen molar-refractivity contribution in [2.45, 2.75) is 63.3 Å². The molecule has 0 aliphatic carbocycles. The molecule has 0 amide bonds. The van der Waals surface area contributed by atoms with E-state index >= 15 is 0 Å². The standard InChI is InChI=1S/C11H19F4N/c1-10(12,5-6-11(13,14)15)8-9-4-2-3-7-16-9/h9,16H,2-8H2,1H3. The third-order valence-electron chi connectivity index (χ3n) is 3.01. The van der Waals surface area contributed by atoms with Crippen LogP contribution in [-0.2, 0) is 0 Å². The van der Waals surface area contributed by atoms with E-state index in [0.717, 1.165) is 25.8 Å². The van der Waals surface area contributed by atoms with Gasteiger partial charge in [-0.25, -0.2) is 4.39 Å². The van der Waals surface area contributed by atoms with Gasteiger partial charge in [0.05, 0.1) is 0 Å². The van der Waals surface area contributed by atoms with E-state index in [1.165, 1.54) is 6.92 Å². The van der Waals surface area contributed by atoms with Gasteiger partial charge in [-0.2, -0.15) is 13.2 Å². The molecule has 1 rings (SSSR count). The van der Waals surface area contributed by atoms with E-state index in [4.69, 9.17) is 0 Å². The van der Waals surface area contributed by atoms with Crippen molar-refractivity contribution in [2.75, 3.05) is 6.54 Å². The Hall–Kier alpha value is -0.320. The molecule has 1 fully saturated rings. The predicted octanol–water partition coefficient (Wildman–Crippen LogP) is 3.59. The fraction of sp³-hybridized carbons (Fsp3) is 1.00. The van der Waals surface area contributed by atoms with Crippen molar-refractivity contribution in [3.05, 3.63) is 0 Å². The lowest BCUT2D eigenvalue weighted by Gasteiger charge is -2.30. The van der Waals surface area contributed by atoms with E-state index in [2.05, 4.69) is 5.32 Å². The Morgan fingerprint density at radius 1 is 1.12 bits per heavy atom. The van der Waals surface area contributed by atoms with E-state index in [-0.39, 0.29) is 12.5 Å². The van der Waals surface area contributed by atoms with Crippen LogP contribution >= 0.6 is 0 Å². The molecule has 0 spiro atoms. The topological polar surface area (TPSA) is 12.0 Å². The largest absolute Gasteiger partial charge is 0.389 e. The zero-order chi connectivity index (χ0) is 12.2. The summed E-state index contributed by atoms with van der Waals surface area (Å²) in [6.45, 7) is 2.12. The van der Waals surface area contributed by atoms with Crippen LogP contribution in [0.2, 0.25) is 0 Å². The lowest BCUT2D eigenvalue weighted by atomic mass is 9.90. The smallest absolute Gasteiger partial charge is 0.314 e. The second kappa shape index (κ2) is 5.34. The Balaban J connectivity index is 2.32. The number of alkyl halides is 4. The van der Waals surface area contributed by atoms with E-state index in [1.54, 1.807) is 0 Å². The summed E-state index contributed by atoms with van der Waals surface area (Å²) in [4.78, 5) is 0. The van der Waals surface area contributed by atoms with Crippen LogP contribution in [0, 0.1) is 0 Å². The summed E-state index contributed by atoms with van der Waals surface area (Å²) in [6.07, 6.45) is -2.57. The molecule has 0 radical (unpaired) electrons. The van der Waals surface area contributed by atoms with Crippen LogP contribution in [0.15, 0.2) is 0 Å². The van der Waals surface area contributed by atoms with E-state index < -0.39 is 24.7 Å². The molecule has 0 aromatic carbocycles. The fourth-order valence-electron chi connectivity index (χ4n) is 2.12. The predicted molar refractivity (Wildman–Crippen MR) is 55.1 cm³/mol. The van der Waals surface area contributed by atoms with Crippen molar-refractivity contribution in [1.29, 1.82) is 0 Å². The second-order valence-corrected chi connectivity index (χ2v) is 4.88. The number of nitrogens with one attached hydrogen (secondary N) is 1. The first-order valence-electron chi connectivity index (χ1n) is 5.78. The zero-order valence-corrected chi connectivity index (χ0v) is 9.54. The second-order valence-electron chi connectivity index (χ2n) is 4.88. The van der Waals surface area contributed by atoms with Crippen molar-refractivity contribution < 1.29 is 17.6 Å². The number of rotatable bonds is 4. The summed E-state index contributed by atoms with van der Waals surface area (Å²) in [5, 5.41) is 3.15. The van der Waals surface area contributed by atoms with Crippen LogP contribution in [0.3, 0.4) is 0 Å². The van der Waals surface area contributed by atoms with Gasteiger partial charge >= 0.3 is 6.18 Å². The molecular formula is C11H19F4N. The highest BCUT2D eigenvalue weighted by Crippen LogP contribution is 2.31. The van der Waals surface area contributed by atoms with Crippen molar-refractivity contribution in [3.63, 3.8) is 0 Å². The fourth-order valence-corrected chi connectivity index (χ4v) is 2.12. The molecule has 2 unspecified atom stereocenters. The zero-order valence-electron chi connectivity index (χ0n) is 9.54. The SMILES string of the molecule is CC(F)(CCC(F)(F)F)CC1CCCCN1. The maximum Gasteiger partial charge on any atom is 0.389 e. The first-order valence-corrected chi connectivity index (χ1v) is 5.78. The minimum Gasteiger partial charge on any atom is -0.314 e. The van der Waals surface area contributed by atoms with Gasteiger partial charge in [-0.15, -0.1) is 0 Å². The van der Waals surface area contributed by atoms with Crippen LogP contribution in [-0.4, -0.2) is 24.4 Å². The monoisotopic (exact) mass is 241 g/mol. The first kappa shape index (κ1) is 13.7. The highest BCUT2D eigenvalue weighted by atomic mass is 19.4. The third kappa shape index (κ3) is 5.68. The van der Waals surface area contributed by atoms with Crippen LogP contribution < -0.4 is 5.32 Å². The Labute approximate surface area is 93.6 Å². The van der Waals surface area contributed by atoms with Crippen LogP contribution in [0.4, 0.5) is 17.6 Å². The van der Waals surface area contributed by atoms with Gasteiger partial charge in [0.25, 0.3) is 0 Å². The number of hydrogen-bond acceptors (Lipinski definition) is 1. The van der Waals surface area contributed by atoms with E-state index in [0.29, 0.717) is 0 Å². The van der Waals surface area contributed by atoms with Gasteiger partial charge in [0.15, 0.2) is 0 Å². The summed E-state index contributed by atoms with van der Waals surface area (Å²) in [5.41, 5.74) is -1.72. The third-order valence-corrected chi connectivity index (χ3v) is 3.01. The Kier molecular flexibility index (Phi) is 4.59. The average molecular weight is 241 g/mol.